The summed E-state index contributed by atoms with van der Waals surface area (Å²) in [6.45, 7) is 1.39. The average molecular weight is 321 g/mol. The fourth-order valence-electron chi connectivity index (χ4n) is 2.80. The van der Waals surface area contributed by atoms with Crippen molar-refractivity contribution in [2.45, 2.75) is 25.5 Å². The molecule has 1 aliphatic rings. The highest BCUT2D eigenvalue weighted by Gasteiger charge is 2.20. The second-order valence-electron chi connectivity index (χ2n) is 5.93. The first kappa shape index (κ1) is 14.8. The molecule has 0 unspecified atom stereocenters. The second kappa shape index (κ2) is 6.74. The van der Waals surface area contributed by atoms with Crippen LogP contribution in [0.15, 0.2) is 61.3 Å². The van der Waals surface area contributed by atoms with Gasteiger partial charge in [-0.2, -0.15) is 0 Å². The highest BCUT2D eigenvalue weighted by Crippen LogP contribution is 2.31. The van der Waals surface area contributed by atoms with E-state index in [0.29, 0.717) is 6.61 Å². The van der Waals surface area contributed by atoms with E-state index in [9.17, 15) is 0 Å². The van der Waals surface area contributed by atoms with Gasteiger partial charge < -0.3 is 14.0 Å². The molecule has 1 aliphatic heterocycles. The van der Waals surface area contributed by atoms with Gasteiger partial charge in [0.15, 0.2) is 11.5 Å². The van der Waals surface area contributed by atoms with Gasteiger partial charge in [-0.3, -0.25) is 4.98 Å². The summed E-state index contributed by atoms with van der Waals surface area (Å²) < 4.78 is 13.8. The standard InChI is InChI=1S/C19H19N3O2/c1-2-4-19-18(3-1)23-13-17(24-19)8-7-16-6-5-15(11-21-16)12-22-10-9-20-14-22/h1-6,9-11,14,17H,7-8,12-13H2/t17-/m1/s1. The predicted octanol–water partition coefficient (Wildman–Crippen LogP) is 3.10. The number of fused-ring (bicyclic) bond motifs is 1. The van der Waals surface area contributed by atoms with Crippen LogP contribution in [0, 0.1) is 0 Å². The van der Waals surface area contributed by atoms with Crippen molar-refractivity contribution in [2.75, 3.05) is 6.61 Å². The second-order valence-corrected chi connectivity index (χ2v) is 5.93. The Morgan fingerprint density at radius 3 is 2.83 bits per heavy atom. The summed E-state index contributed by atoms with van der Waals surface area (Å²) in [5.74, 6) is 1.66. The van der Waals surface area contributed by atoms with Gasteiger partial charge >= 0.3 is 0 Å². The van der Waals surface area contributed by atoms with Crippen molar-refractivity contribution in [3.8, 4) is 11.5 Å². The molecule has 0 spiro atoms. The van der Waals surface area contributed by atoms with Gasteiger partial charge in [0, 0.05) is 30.8 Å². The SMILES string of the molecule is c1ccc2c(c1)OC[C@@H](CCc1ccc(Cn3ccnc3)cn1)O2. The molecule has 0 radical (unpaired) electrons. The lowest BCUT2D eigenvalue weighted by Crippen LogP contribution is -2.29. The molecular weight excluding hydrogens is 302 g/mol. The van der Waals surface area contributed by atoms with Crippen LogP contribution in [-0.2, 0) is 13.0 Å². The third-order valence-electron chi connectivity index (χ3n) is 4.10. The highest BCUT2D eigenvalue weighted by molar-refractivity contribution is 5.40. The van der Waals surface area contributed by atoms with E-state index >= 15 is 0 Å². The van der Waals surface area contributed by atoms with E-state index < -0.39 is 0 Å². The summed E-state index contributed by atoms with van der Waals surface area (Å²) in [4.78, 5) is 8.61. The fraction of sp³-hybridized carbons (Fsp3) is 0.263. The lowest BCUT2D eigenvalue weighted by molar-refractivity contribution is 0.0849. The van der Waals surface area contributed by atoms with Crippen molar-refractivity contribution in [1.82, 2.24) is 14.5 Å². The van der Waals surface area contributed by atoms with Crippen LogP contribution < -0.4 is 9.47 Å². The molecule has 1 atom stereocenters. The predicted molar refractivity (Wildman–Crippen MR) is 90.2 cm³/mol. The Balaban J connectivity index is 1.32. The largest absolute Gasteiger partial charge is 0.486 e. The lowest BCUT2D eigenvalue weighted by Gasteiger charge is -2.26. The van der Waals surface area contributed by atoms with Crippen molar-refractivity contribution < 1.29 is 9.47 Å². The van der Waals surface area contributed by atoms with Crippen molar-refractivity contribution in [3.05, 3.63) is 72.6 Å². The minimum Gasteiger partial charge on any atom is -0.486 e. The van der Waals surface area contributed by atoms with Crippen LogP contribution in [0.3, 0.4) is 0 Å². The summed E-state index contributed by atoms with van der Waals surface area (Å²) in [7, 11) is 0. The molecule has 122 valence electrons. The molecule has 0 bridgehead atoms. The molecule has 0 fully saturated rings. The molecule has 0 aliphatic carbocycles. The minimum atomic E-state index is 0.0762. The Hall–Kier alpha value is -2.82. The Bertz CT molecular complexity index is 785. The Labute approximate surface area is 140 Å². The van der Waals surface area contributed by atoms with Gasteiger partial charge in [-0.05, 0) is 36.6 Å². The third-order valence-corrected chi connectivity index (χ3v) is 4.10. The molecule has 24 heavy (non-hydrogen) atoms. The average Bonchev–Trinajstić information content (AvgIpc) is 3.14. The third kappa shape index (κ3) is 3.40. The molecule has 5 nitrogen and oxygen atoms in total. The molecular formula is C19H19N3O2. The monoisotopic (exact) mass is 321 g/mol. The zero-order chi connectivity index (χ0) is 16.2. The van der Waals surface area contributed by atoms with E-state index in [1.807, 2.05) is 47.6 Å². The summed E-state index contributed by atoms with van der Waals surface area (Å²) >= 11 is 0. The number of hydrogen-bond acceptors (Lipinski definition) is 4. The number of para-hydroxylation sites is 2. The van der Waals surface area contributed by atoms with Crippen molar-refractivity contribution >= 4 is 0 Å². The highest BCUT2D eigenvalue weighted by atomic mass is 16.6. The quantitative estimate of drug-likeness (QED) is 0.724. The van der Waals surface area contributed by atoms with Crippen molar-refractivity contribution in [1.29, 1.82) is 0 Å². The van der Waals surface area contributed by atoms with Crippen molar-refractivity contribution in [3.63, 3.8) is 0 Å². The maximum atomic E-state index is 5.98. The number of nitrogens with zero attached hydrogens (tertiary/aromatic N) is 3. The van der Waals surface area contributed by atoms with Crippen LogP contribution in [0.5, 0.6) is 11.5 Å². The number of benzene rings is 1. The number of rotatable bonds is 5. The molecule has 3 aromatic rings. The molecule has 3 heterocycles. The van der Waals surface area contributed by atoms with Gasteiger partial charge in [0.05, 0.1) is 6.33 Å². The molecule has 0 saturated heterocycles. The molecule has 4 rings (SSSR count). The van der Waals surface area contributed by atoms with Crippen LogP contribution in [-0.4, -0.2) is 27.2 Å². The first-order chi connectivity index (χ1) is 11.9. The van der Waals surface area contributed by atoms with E-state index in [-0.39, 0.29) is 6.10 Å². The summed E-state index contributed by atoms with van der Waals surface area (Å²) in [6.07, 6.45) is 9.32. The number of pyridine rings is 1. The van der Waals surface area contributed by atoms with Gasteiger partial charge in [0.25, 0.3) is 0 Å². The lowest BCUT2D eigenvalue weighted by atomic mass is 10.1. The maximum Gasteiger partial charge on any atom is 0.161 e. The van der Waals surface area contributed by atoms with Gasteiger partial charge in [-0.15, -0.1) is 0 Å². The molecule has 2 aromatic heterocycles. The summed E-state index contributed by atoms with van der Waals surface area (Å²) in [6, 6.07) is 12.0. The zero-order valence-electron chi connectivity index (χ0n) is 13.3. The maximum absolute atomic E-state index is 5.98. The topological polar surface area (TPSA) is 49.2 Å². The van der Waals surface area contributed by atoms with Crippen LogP contribution in [0.1, 0.15) is 17.7 Å². The first-order valence-electron chi connectivity index (χ1n) is 8.15. The zero-order valence-corrected chi connectivity index (χ0v) is 13.3. The minimum absolute atomic E-state index is 0.0762. The van der Waals surface area contributed by atoms with E-state index in [1.165, 1.54) is 5.56 Å². The first-order valence-corrected chi connectivity index (χ1v) is 8.15. The fourth-order valence-corrected chi connectivity index (χ4v) is 2.80. The normalized spacial score (nSPS) is 16.1. The van der Waals surface area contributed by atoms with E-state index in [4.69, 9.17) is 9.47 Å². The number of ether oxygens (including phenoxy) is 2. The van der Waals surface area contributed by atoms with Crippen LogP contribution in [0.2, 0.25) is 0 Å². The molecule has 0 amide bonds. The number of hydrogen-bond donors (Lipinski definition) is 0. The van der Waals surface area contributed by atoms with Gasteiger partial charge in [-0.25, -0.2) is 4.98 Å². The Kier molecular flexibility index (Phi) is 4.14. The Morgan fingerprint density at radius 2 is 2.04 bits per heavy atom. The summed E-state index contributed by atoms with van der Waals surface area (Å²) in [5.41, 5.74) is 2.25. The van der Waals surface area contributed by atoms with Crippen LogP contribution in [0.4, 0.5) is 0 Å². The molecule has 0 saturated carbocycles. The number of aromatic nitrogens is 3. The molecule has 0 N–H and O–H groups in total. The van der Waals surface area contributed by atoms with Crippen LogP contribution in [0.25, 0.3) is 0 Å². The van der Waals surface area contributed by atoms with Gasteiger partial charge in [0.1, 0.15) is 12.7 Å². The van der Waals surface area contributed by atoms with Gasteiger partial charge in [-0.1, -0.05) is 18.2 Å². The number of imidazole rings is 1. The van der Waals surface area contributed by atoms with E-state index in [2.05, 4.69) is 22.1 Å². The Morgan fingerprint density at radius 1 is 1.12 bits per heavy atom. The summed E-state index contributed by atoms with van der Waals surface area (Å²) in [5, 5.41) is 0. The van der Waals surface area contributed by atoms with Crippen molar-refractivity contribution in [2.24, 2.45) is 0 Å². The smallest absolute Gasteiger partial charge is 0.161 e. The molecule has 1 aromatic carbocycles. The van der Waals surface area contributed by atoms with E-state index in [1.54, 1.807) is 6.20 Å². The van der Waals surface area contributed by atoms with E-state index in [0.717, 1.165) is 36.6 Å². The molecule has 5 heteroatoms. The van der Waals surface area contributed by atoms with Gasteiger partial charge in [0.2, 0.25) is 0 Å². The number of aryl methyl sites for hydroxylation is 1. The van der Waals surface area contributed by atoms with Crippen LogP contribution >= 0.6 is 0 Å².